The summed E-state index contributed by atoms with van der Waals surface area (Å²) in [4.78, 5) is 13.6. The van der Waals surface area contributed by atoms with E-state index in [4.69, 9.17) is 14.2 Å². The van der Waals surface area contributed by atoms with Crippen LogP contribution in [0.4, 0.5) is 0 Å². The molecule has 1 N–H and O–H groups in total. The summed E-state index contributed by atoms with van der Waals surface area (Å²) in [6, 6.07) is 2.80. The van der Waals surface area contributed by atoms with Gasteiger partial charge < -0.3 is 19.3 Å². The second-order valence-electron chi connectivity index (χ2n) is 4.94. The van der Waals surface area contributed by atoms with E-state index in [0.29, 0.717) is 22.8 Å². The van der Waals surface area contributed by atoms with Crippen LogP contribution in [-0.2, 0) is 4.79 Å². The Labute approximate surface area is 116 Å². The van der Waals surface area contributed by atoms with Crippen molar-refractivity contribution in [3.63, 3.8) is 0 Å². The van der Waals surface area contributed by atoms with Gasteiger partial charge in [-0.1, -0.05) is 0 Å². The molecular weight excluding hydrogens is 262 g/mol. The highest BCUT2D eigenvalue weighted by Gasteiger charge is 2.32. The Kier molecular flexibility index (Phi) is 3.40. The van der Waals surface area contributed by atoms with Crippen LogP contribution < -0.4 is 14.2 Å². The van der Waals surface area contributed by atoms with Crippen molar-refractivity contribution in [2.75, 3.05) is 27.0 Å². The van der Waals surface area contributed by atoms with Crippen molar-refractivity contribution in [3.8, 4) is 17.2 Å². The van der Waals surface area contributed by atoms with E-state index >= 15 is 0 Å². The lowest BCUT2D eigenvalue weighted by Crippen LogP contribution is -2.31. The number of hydrogen-bond acceptors (Lipinski definition) is 5. The summed E-state index contributed by atoms with van der Waals surface area (Å²) >= 11 is 0. The average molecular weight is 279 g/mol. The maximum atomic E-state index is 11.6. The molecule has 6 heteroatoms. The SMILES string of the molecule is COc1cc(C(C(=O)O)N2CCCC2)cc2c1OCO2. The zero-order chi connectivity index (χ0) is 14.1. The van der Waals surface area contributed by atoms with Crippen molar-refractivity contribution in [1.82, 2.24) is 4.90 Å². The number of methoxy groups -OCH3 is 1. The molecule has 0 bridgehead atoms. The Morgan fingerprint density at radius 1 is 1.35 bits per heavy atom. The summed E-state index contributed by atoms with van der Waals surface area (Å²) < 4.78 is 16.0. The Hall–Kier alpha value is -1.95. The molecule has 1 atom stereocenters. The van der Waals surface area contributed by atoms with Gasteiger partial charge in [0.15, 0.2) is 11.5 Å². The van der Waals surface area contributed by atoms with Crippen LogP contribution in [0.5, 0.6) is 17.2 Å². The number of fused-ring (bicyclic) bond motifs is 1. The van der Waals surface area contributed by atoms with E-state index in [9.17, 15) is 9.90 Å². The van der Waals surface area contributed by atoms with Crippen molar-refractivity contribution < 1.29 is 24.1 Å². The highest BCUT2D eigenvalue weighted by Crippen LogP contribution is 2.44. The summed E-state index contributed by atoms with van der Waals surface area (Å²) in [7, 11) is 1.53. The predicted molar refractivity (Wildman–Crippen MR) is 70.3 cm³/mol. The number of ether oxygens (including phenoxy) is 3. The zero-order valence-corrected chi connectivity index (χ0v) is 11.3. The van der Waals surface area contributed by atoms with Crippen molar-refractivity contribution in [2.24, 2.45) is 0 Å². The first-order valence-corrected chi connectivity index (χ1v) is 6.65. The van der Waals surface area contributed by atoms with E-state index in [-0.39, 0.29) is 6.79 Å². The van der Waals surface area contributed by atoms with E-state index in [0.717, 1.165) is 25.9 Å². The van der Waals surface area contributed by atoms with E-state index in [1.165, 1.54) is 7.11 Å². The molecule has 3 rings (SSSR count). The van der Waals surface area contributed by atoms with Gasteiger partial charge in [-0.05, 0) is 43.6 Å². The minimum atomic E-state index is -0.854. The topological polar surface area (TPSA) is 68.2 Å². The number of rotatable bonds is 4. The molecule has 0 aliphatic carbocycles. The molecule has 0 aromatic heterocycles. The predicted octanol–water partition coefficient (Wildman–Crippen LogP) is 1.65. The minimum absolute atomic E-state index is 0.136. The lowest BCUT2D eigenvalue weighted by molar-refractivity contribution is -0.143. The van der Waals surface area contributed by atoms with Gasteiger partial charge in [0.1, 0.15) is 6.04 Å². The molecule has 1 fully saturated rings. The number of carbonyl (C=O) groups is 1. The first kappa shape index (κ1) is 13.1. The third kappa shape index (κ3) is 2.16. The van der Waals surface area contributed by atoms with Crippen LogP contribution in [0.1, 0.15) is 24.4 Å². The fourth-order valence-electron chi connectivity index (χ4n) is 2.82. The summed E-state index contributed by atoms with van der Waals surface area (Å²) in [5.41, 5.74) is 0.667. The molecule has 108 valence electrons. The molecular formula is C14H17NO5. The number of hydrogen-bond donors (Lipinski definition) is 1. The van der Waals surface area contributed by atoms with Crippen LogP contribution in [0.3, 0.4) is 0 Å². The zero-order valence-electron chi connectivity index (χ0n) is 11.3. The average Bonchev–Trinajstić information content (AvgIpc) is 3.08. The molecule has 0 saturated carbocycles. The van der Waals surface area contributed by atoms with Crippen LogP contribution in [-0.4, -0.2) is 43.0 Å². The molecule has 1 unspecified atom stereocenters. The number of carboxylic acid groups (broad SMARTS) is 1. The molecule has 2 heterocycles. The number of benzene rings is 1. The molecule has 1 saturated heterocycles. The molecule has 1 aromatic carbocycles. The van der Waals surface area contributed by atoms with E-state index in [1.54, 1.807) is 12.1 Å². The highest BCUT2D eigenvalue weighted by atomic mass is 16.7. The van der Waals surface area contributed by atoms with Crippen LogP contribution in [0, 0.1) is 0 Å². The van der Waals surface area contributed by atoms with Gasteiger partial charge >= 0.3 is 5.97 Å². The smallest absolute Gasteiger partial charge is 0.325 e. The number of likely N-dealkylation sites (tertiary alicyclic amines) is 1. The van der Waals surface area contributed by atoms with Gasteiger partial charge in [-0.15, -0.1) is 0 Å². The lowest BCUT2D eigenvalue weighted by atomic mass is 10.0. The van der Waals surface area contributed by atoms with E-state index < -0.39 is 12.0 Å². The number of aliphatic carboxylic acids is 1. The Morgan fingerprint density at radius 3 is 2.75 bits per heavy atom. The van der Waals surface area contributed by atoms with Gasteiger partial charge in [-0.3, -0.25) is 9.69 Å². The molecule has 0 spiro atoms. The maximum Gasteiger partial charge on any atom is 0.325 e. The first-order valence-electron chi connectivity index (χ1n) is 6.65. The number of nitrogens with zero attached hydrogens (tertiary/aromatic N) is 1. The highest BCUT2D eigenvalue weighted by molar-refractivity contribution is 5.76. The van der Waals surface area contributed by atoms with Crippen molar-refractivity contribution >= 4 is 5.97 Å². The van der Waals surface area contributed by atoms with E-state index in [1.807, 2.05) is 4.90 Å². The van der Waals surface area contributed by atoms with Crippen LogP contribution >= 0.6 is 0 Å². The third-order valence-corrected chi connectivity index (χ3v) is 3.74. The van der Waals surface area contributed by atoms with Crippen LogP contribution in [0.15, 0.2) is 12.1 Å². The van der Waals surface area contributed by atoms with Crippen molar-refractivity contribution in [1.29, 1.82) is 0 Å². The molecule has 6 nitrogen and oxygen atoms in total. The number of carboxylic acids is 1. The van der Waals surface area contributed by atoms with Gasteiger partial charge in [-0.2, -0.15) is 0 Å². The molecule has 0 amide bonds. The second kappa shape index (κ2) is 5.20. The molecule has 2 aliphatic heterocycles. The fraction of sp³-hybridized carbons (Fsp3) is 0.500. The largest absolute Gasteiger partial charge is 0.493 e. The maximum absolute atomic E-state index is 11.6. The first-order chi connectivity index (χ1) is 9.70. The normalized spacial score (nSPS) is 19.1. The molecule has 2 aliphatic rings. The van der Waals surface area contributed by atoms with Gasteiger partial charge in [0, 0.05) is 0 Å². The second-order valence-corrected chi connectivity index (χ2v) is 4.94. The van der Waals surface area contributed by atoms with Gasteiger partial charge in [0.2, 0.25) is 12.5 Å². The third-order valence-electron chi connectivity index (χ3n) is 3.74. The summed E-state index contributed by atoms with van der Waals surface area (Å²) in [5, 5.41) is 9.54. The van der Waals surface area contributed by atoms with Crippen LogP contribution in [0.2, 0.25) is 0 Å². The minimum Gasteiger partial charge on any atom is -0.493 e. The van der Waals surface area contributed by atoms with Crippen molar-refractivity contribution in [2.45, 2.75) is 18.9 Å². The van der Waals surface area contributed by atoms with Crippen LogP contribution in [0.25, 0.3) is 0 Å². The Morgan fingerprint density at radius 2 is 2.10 bits per heavy atom. The standard InChI is InChI=1S/C14H17NO5/c1-18-10-6-9(7-11-13(10)20-8-19-11)12(14(16)17)15-4-2-3-5-15/h6-7,12H,2-5,8H2,1H3,(H,16,17). The van der Waals surface area contributed by atoms with Crippen molar-refractivity contribution in [3.05, 3.63) is 17.7 Å². The quantitative estimate of drug-likeness (QED) is 0.903. The van der Waals surface area contributed by atoms with Gasteiger partial charge in [-0.25, -0.2) is 0 Å². The summed E-state index contributed by atoms with van der Waals surface area (Å²) in [5.74, 6) is 0.750. The Balaban J connectivity index is 2.00. The fourth-order valence-corrected chi connectivity index (χ4v) is 2.82. The lowest BCUT2D eigenvalue weighted by Gasteiger charge is -2.24. The van der Waals surface area contributed by atoms with E-state index in [2.05, 4.69) is 0 Å². The summed E-state index contributed by atoms with van der Waals surface area (Å²) in [6.07, 6.45) is 2.07. The molecule has 0 radical (unpaired) electrons. The van der Waals surface area contributed by atoms with Gasteiger partial charge in [0.05, 0.1) is 7.11 Å². The molecule has 1 aromatic rings. The summed E-state index contributed by atoms with van der Waals surface area (Å²) in [6.45, 7) is 1.73. The molecule has 20 heavy (non-hydrogen) atoms. The Bertz CT molecular complexity index is 525. The monoisotopic (exact) mass is 279 g/mol. The van der Waals surface area contributed by atoms with Gasteiger partial charge in [0.25, 0.3) is 0 Å².